The zero-order valence-electron chi connectivity index (χ0n) is 11.5. The molecular weight excluding hydrogens is 267 g/mol. The smallest absolute Gasteiger partial charge is 0.195 e. The highest BCUT2D eigenvalue weighted by Crippen LogP contribution is 2.21. The molecule has 0 aliphatic heterocycles. The second-order valence-electron chi connectivity index (χ2n) is 4.76. The van der Waals surface area contributed by atoms with E-state index >= 15 is 0 Å². The number of aryl methyl sites for hydroxylation is 1. The van der Waals surface area contributed by atoms with Gasteiger partial charge in [0, 0.05) is 23.0 Å². The van der Waals surface area contributed by atoms with Crippen LogP contribution in [0.3, 0.4) is 0 Å². The van der Waals surface area contributed by atoms with Gasteiger partial charge in [0.15, 0.2) is 5.78 Å². The third-order valence-electron chi connectivity index (χ3n) is 3.32. The lowest BCUT2D eigenvalue weighted by Gasteiger charge is -2.11. The largest absolute Gasteiger partial charge is 0.303 e. The summed E-state index contributed by atoms with van der Waals surface area (Å²) < 4.78 is 15.4. The van der Waals surface area contributed by atoms with Crippen molar-refractivity contribution in [3.05, 3.63) is 83.7 Å². The number of nitrogens with zero attached hydrogens (tertiary/aromatic N) is 2. The molecule has 0 radical (unpaired) electrons. The highest BCUT2D eigenvalue weighted by molar-refractivity contribution is 6.11. The standard InChI is InChI=1S/C17H13FN2O/c1-12-10-19-11-20(12)16-8-7-14(18)9-15(16)17(21)13-5-3-2-4-6-13/h2-11H,1H3. The molecule has 0 spiro atoms. The number of ketones is 1. The van der Waals surface area contributed by atoms with Crippen LogP contribution in [0.1, 0.15) is 21.6 Å². The normalized spacial score (nSPS) is 10.6. The van der Waals surface area contributed by atoms with E-state index in [1.54, 1.807) is 47.4 Å². The maximum atomic E-state index is 13.6. The Labute approximate surface area is 121 Å². The molecule has 1 aromatic heterocycles. The first-order valence-electron chi connectivity index (χ1n) is 6.55. The molecular formula is C17H13FN2O. The predicted octanol–water partition coefficient (Wildman–Crippen LogP) is 3.55. The molecule has 0 saturated carbocycles. The van der Waals surface area contributed by atoms with Crippen LogP contribution < -0.4 is 0 Å². The van der Waals surface area contributed by atoms with Crippen LogP contribution in [0, 0.1) is 12.7 Å². The van der Waals surface area contributed by atoms with Crippen LogP contribution >= 0.6 is 0 Å². The molecule has 0 fully saturated rings. The van der Waals surface area contributed by atoms with Gasteiger partial charge in [-0.3, -0.25) is 4.79 Å². The van der Waals surface area contributed by atoms with Crippen molar-refractivity contribution in [3.8, 4) is 5.69 Å². The number of aromatic nitrogens is 2. The van der Waals surface area contributed by atoms with Gasteiger partial charge in [0.25, 0.3) is 0 Å². The molecule has 2 aromatic carbocycles. The van der Waals surface area contributed by atoms with Gasteiger partial charge < -0.3 is 4.57 Å². The molecule has 3 rings (SSSR count). The fourth-order valence-electron chi connectivity index (χ4n) is 2.26. The van der Waals surface area contributed by atoms with Crippen molar-refractivity contribution in [1.82, 2.24) is 9.55 Å². The van der Waals surface area contributed by atoms with Crippen molar-refractivity contribution >= 4 is 5.78 Å². The molecule has 0 atom stereocenters. The maximum Gasteiger partial charge on any atom is 0.195 e. The Balaban J connectivity index is 2.16. The maximum absolute atomic E-state index is 13.6. The van der Waals surface area contributed by atoms with Crippen LogP contribution in [0.2, 0.25) is 0 Å². The van der Waals surface area contributed by atoms with Crippen LogP contribution in [-0.2, 0) is 0 Å². The van der Waals surface area contributed by atoms with Crippen molar-refractivity contribution < 1.29 is 9.18 Å². The molecule has 4 heteroatoms. The summed E-state index contributed by atoms with van der Waals surface area (Å²) in [5.41, 5.74) is 2.35. The van der Waals surface area contributed by atoms with E-state index in [0.717, 1.165) is 5.69 Å². The molecule has 21 heavy (non-hydrogen) atoms. The van der Waals surface area contributed by atoms with E-state index in [-0.39, 0.29) is 5.78 Å². The van der Waals surface area contributed by atoms with E-state index in [1.165, 1.54) is 12.1 Å². The number of carbonyl (C=O) groups excluding carboxylic acids is 1. The predicted molar refractivity (Wildman–Crippen MR) is 78.1 cm³/mol. The fourth-order valence-corrected chi connectivity index (χ4v) is 2.26. The van der Waals surface area contributed by atoms with E-state index in [2.05, 4.69) is 4.98 Å². The summed E-state index contributed by atoms with van der Waals surface area (Å²) in [4.78, 5) is 16.7. The zero-order valence-corrected chi connectivity index (χ0v) is 11.5. The molecule has 0 saturated heterocycles. The highest BCUT2D eigenvalue weighted by Gasteiger charge is 2.16. The van der Waals surface area contributed by atoms with E-state index < -0.39 is 5.82 Å². The van der Waals surface area contributed by atoms with Crippen LogP contribution in [0.15, 0.2) is 61.1 Å². The second kappa shape index (κ2) is 5.32. The number of hydrogen-bond donors (Lipinski definition) is 0. The monoisotopic (exact) mass is 280 g/mol. The van der Waals surface area contributed by atoms with E-state index in [4.69, 9.17) is 0 Å². The van der Waals surface area contributed by atoms with Gasteiger partial charge in [0.2, 0.25) is 0 Å². The van der Waals surface area contributed by atoms with E-state index in [0.29, 0.717) is 16.8 Å². The van der Waals surface area contributed by atoms with Crippen molar-refractivity contribution in [2.45, 2.75) is 6.92 Å². The molecule has 3 aromatic rings. The lowest BCUT2D eigenvalue weighted by molar-refractivity contribution is 0.103. The third-order valence-corrected chi connectivity index (χ3v) is 3.32. The highest BCUT2D eigenvalue weighted by atomic mass is 19.1. The molecule has 0 amide bonds. The third kappa shape index (κ3) is 2.48. The number of benzene rings is 2. The Morgan fingerprint density at radius 3 is 2.57 bits per heavy atom. The van der Waals surface area contributed by atoms with Crippen LogP contribution in [-0.4, -0.2) is 15.3 Å². The Morgan fingerprint density at radius 2 is 1.90 bits per heavy atom. The van der Waals surface area contributed by atoms with E-state index in [1.807, 2.05) is 13.0 Å². The Bertz CT molecular complexity index is 794. The van der Waals surface area contributed by atoms with Gasteiger partial charge in [0.1, 0.15) is 5.82 Å². The minimum Gasteiger partial charge on any atom is -0.303 e. The van der Waals surface area contributed by atoms with Gasteiger partial charge >= 0.3 is 0 Å². The van der Waals surface area contributed by atoms with Crippen molar-refractivity contribution in [2.75, 3.05) is 0 Å². The Kier molecular flexibility index (Phi) is 3.36. The molecule has 0 N–H and O–H groups in total. The second-order valence-corrected chi connectivity index (χ2v) is 4.76. The summed E-state index contributed by atoms with van der Waals surface area (Å²) in [6, 6.07) is 13.1. The van der Waals surface area contributed by atoms with Crippen LogP contribution in [0.4, 0.5) is 4.39 Å². The zero-order chi connectivity index (χ0) is 14.8. The molecule has 0 aliphatic carbocycles. The number of carbonyl (C=O) groups is 1. The fraction of sp³-hybridized carbons (Fsp3) is 0.0588. The minimum atomic E-state index is -0.434. The number of imidazole rings is 1. The average Bonchev–Trinajstić information content (AvgIpc) is 2.93. The first-order chi connectivity index (χ1) is 10.2. The summed E-state index contributed by atoms with van der Waals surface area (Å²) in [6.45, 7) is 1.88. The summed E-state index contributed by atoms with van der Waals surface area (Å²) in [5, 5.41) is 0. The summed E-state index contributed by atoms with van der Waals surface area (Å²) >= 11 is 0. The molecule has 0 bridgehead atoms. The summed E-state index contributed by atoms with van der Waals surface area (Å²) in [5.74, 6) is -0.644. The SMILES string of the molecule is Cc1cncn1-c1ccc(F)cc1C(=O)c1ccccc1. The molecule has 0 unspecified atom stereocenters. The summed E-state index contributed by atoms with van der Waals surface area (Å²) in [6.07, 6.45) is 3.31. The minimum absolute atomic E-state index is 0.210. The molecule has 1 heterocycles. The summed E-state index contributed by atoms with van der Waals surface area (Å²) in [7, 11) is 0. The number of hydrogen-bond acceptors (Lipinski definition) is 2. The van der Waals surface area contributed by atoms with Crippen LogP contribution in [0.5, 0.6) is 0 Å². The van der Waals surface area contributed by atoms with Gasteiger partial charge in [0.05, 0.1) is 12.0 Å². The van der Waals surface area contributed by atoms with Gasteiger partial charge in [-0.05, 0) is 25.1 Å². The molecule has 0 aliphatic rings. The van der Waals surface area contributed by atoms with Gasteiger partial charge in [-0.25, -0.2) is 9.37 Å². The average molecular weight is 280 g/mol. The van der Waals surface area contributed by atoms with E-state index in [9.17, 15) is 9.18 Å². The lowest BCUT2D eigenvalue weighted by atomic mass is 10.0. The van der Waals surface area contributed by atoms with Gasteiger partial charge in [-0.15, -0.1) is 0 Å². The number of halogens is 1. The molecule has 104 valence electrons. The molecule has 3 nitrogen and oxygen atoms in total. The number of rotatable bonds is 3. The van der Waals surface area contributed by atoms with Crippen molar-refractivity contribution in [3.63, 3.8) is 0 Å². The Morgan fingerprint density at radius 1 is 1.14 bits per heavy atom. The Hall–Kier alpha value is -2.75. The lowest BCUT2D eigenvalue weighted by Crippen LogP contribution is -2.08. The first-order valence-corrected chi connectivity index (χ1v) is 6.55. The van der Waals surface area contributed by atoms with Gasteiger partial charge in [-0.2, -0.15) is 0 Å². The topological polar surface area (TPSA) is 34.9 Å². The van der Waals surface area contributed by atoms with Gasteiger partial charge in [-0.1, -0.05) is 30.3 Å². The van der Waals surface area contributed by atoms with Crippen molar-refractivity contribution in [1.29, 1.82) is 0 Å². The first kappa shape index (κ1) is 13.2. The quantitative estimate of drug-likeness (QED) is 0.688. The van der Waals surface area contributed by atoms with Crippen molar-refractivity contribution in [2.24, 2.45) is 0 Å². The van der Waals surface area contributed by atoms with Crippen LogP contribution in [0.25, 0.3) is 5.69 Å².